The molecule has 6 heteroatoms. The van der Waals surface area contributed by atoms with Crippen molar-refractivity contribution in [3.8, 4) is 0 Å². The van der Waals surface area contributed by atoms with Gasteiger partial charge < -0.3 is 20.9 Å². The van der Waals surface area contributed by atoms with Gasteiger partial charge in [0.15, 0.2) is 0 Å². The van der Waals surface area contributed by atoms with E-state index >= 15 is 0 Å². The lowest BCUT2D eigenvalue weighted by molar-refractivity contribution is 0.0665. The van der Waals surface area contributed by atoms with Crippen LogP contribution in [0.15, 0.2) is 18.2 Å². The van der Waals surface area contributed by atoms with Crippen LogP contribution in [0.5, 0.6) is 0 Å². The monoisotopic (exact) mass is 290 g/mol. The first kappa shape index (κ1) is 15.2. The predicted octanol–water partition coefficient (Wildman–Crippen LogP) is 1.06. The van der Waals surface area contributed by atoms with E-state index in [0.29, 0.717) is 44.0 Å². The number of nitrogens with zero attached hydrogens (tertiary/aromatic N) is 2. The molecule has 6 nitrogen and oxygen atoms in total. The number of hydrogen-bond acceptors (Lipinski definition) is 3. The van der Waals surface area contributed by atoms with E-state index < -0.39 is 0 Å². The van der Waals surface area contributed by atoms with Crippen molar-refractivity contribution >= 4 is 17.6 Å². The summed E-state index contributed by atoms with van der Waals surface area (Å²) >= 11 is 0. The number of piperazine rings is 1. The Bertz CT molecular complexity index is 536. The Morgan fingerprint density at radius 3 is 2.38 bits per heavy atom. The summed E-state index contributed by atoms with van der Waals surface area (Å²) in [5, 5.41) is 2.77. The smallest absolute Gasteiger partial charge is 0.317 e. The van der Waals surface area contributed by atoms with Crippen molar-refractivity contribution in [2.45, 2.75) is 13.8 Å². The van der Waals surface area contributed by atoms with Gasteiger partial charge in [0.25, 0.3) is 5.91 Å². The van der Waals surface area contributed by atoms with Crippen LogP contribution in [-0.4, -0.2) is 54.5 Å². The summed E-state index contributed by atoms with van der Waals surface area (Å²) in [6.45, 7) is 6.62. The number of carbonyl (C=O) groups is 2. The molecular formula is C15H22N4O2. The highest BCUT2D eigenvalue weighted by Crippen LogP contribution is 2.15. The molecule has 21 heavy (non-hydrogen) atoms. The molecule has 0 atom stereocenters. The van der Waals surface area contributed by atoms with Gasteiger partial charge in [-0.3, -0.25) is 4.79 Å². The molecule has 114 valence electrons. The van der Waals surface area contributed by atoms with Crippen LogP contribution in [0.1, 0.15) is 22.8 Å². The van der Waals surface area contributed by atoms with Crippen LogP contribution >= 0.6 is 0 Å². The van der Waals surface area contributed by atoms with Crippen molar-refractivity contribution in [3.05, 3.63) is 29.3 Å². The number of urea groups is 1. The summed E-state index contributed by atoms with van der Waals surface area (Å²) in [5.41, 5.74) is 8.01. The number of rotatable bonds is 2. The van der Waals surface area contributed by atoms with E-state index in [1.165, 1.54) is 0 Å². The van der Waals surface area contributed by atoms with Crippen LogP contribution < -0.4 is 11.1 Å². The predicted molar refractivity (Wildman–Crippen MR) is 82.1 cm³/mol. The molecule has 0 aliphatic carbocycles. The third kappa shape index (κ3) is 3.45. The quantitative estimate of drug-likeness (QED) is 0.800. The molecular weight excluding hydrogens is 268 g/mol. The molecule has 1 aromatic rings. The summed E-state index contributed by atoms with van der Waals surface area (Å²) < 4.78 is 0. The molecule has 1 aromatic carbocycles. The Hall–Kier alpha value is -2.24. The lowest BCUT2D eigenvalue weighted by Gasteiger charge is -2.34. The van der Waals surface area contributed by atoms with Gasteiger partial charge in [-0.25, -0.2) is 4.79 Å². The van der Waals surface area contributed by atoms with Crippen molar-refractivity contribution in [2.24, 2.45) is 0 Å². The second-order valence-electron chi connectivity index (χ2n) is 5.19. The van der Waals surface area contributed by atoms with Gasteiger partial charge in [0, 0.05) is 44.0 Å². The molecule has 1 saturated heterocycles. The fourth-order valence-corrected chi connectivity index (χ4v) is 2.37. The number of anilines is 1. The lowest BCUT2D eigenvalue weighted by Crippen LogP contribution is -2.53. The first-order valence-corrected chi connectivity index (χ1v) is 7.21. The number of nitrogens with two attached hydrogens (primary N) is 1. The standard InChI is InChI=1S/C15H22N4O2/c1-3-17-15(21)19-8-6-18(7-9-19)14(20)12-4-5-13(16)11(2)10-12/h4-5,10H,3,6-9,16H2,1-2H3,(H,17,21). The maximum absolute atomic E-state index is 12.4. The molecule has 0 bridgehead atoms. The normalized spacial score (nSPS) is 15.0. The Balaban J connectivity index is 1.97. The lowest BCUT2D eigenvalue weighted by atomic mass is 10.1. The van der Waals surface area contributed by atoms with E-state index in [2.05, 4.69) is 5.32 Å². The first-order chi connectivity index (χ1) is 10.0. The summed E-state index contributed by atoms with van der Waals surface area (Å²) in [6.07, 6.45) is 0. The van der Waals surface area contributed by atoms with E-state index in [0.717, 1.165) is 5.56 Å². The molecule has 3 N–H and O–H groups in total. The van der Waals surface area contributed by atoms with Crippen molar-refractivity contribution in [1.82, 2.24) is 15.1 Å². The summed E-state index contributed by atoms with van der Waals surface area (Å²) in [5.74, 6) is -0.00588. The largest absolute Gasteiger partial charge is 0.399 e. The van der Waals surface area contributed by atoms with E-state index in [-0.39, 0.29) is 11.9 Å². The molecule has 0 radical (unpaired) electrons. The molecule has 0 spiro atoms. The highest BCUT2D eigenvalue weighted by atomic mass is 16.2. The Labute approximate surface area is 124 Å². The van der Waals surface area contributed by atoms with Gasteiger partial charge in [-0.15, -0.1) is 0 Å². The minimum atomic E-state index is -0.0621. The molecule has 1 heterocycles. The summed E-state index contributed by atoms with van der Waals surface area (Å²) in [7, 11) is 0. The summed E-state index contributed by atoms with van der Waals surface area (Å²) in [4.78, 5) is 27.7. The van der Waals surface area contributed by atoms with Gasteiger partial charge in [0.1, 0.15) is 0 Å². The number of nitrogen functional groups attached to an aromatic ring is 1. The van der Waals surface area contributed by atoms with Crippen LogP contribution in [0.2, 0.25) is 0 Å². The third-order valence-electron chi connectivity index (χ3n) is 3.70. The Morgan fingerprint density at radius 1 is 1.19 bits per heavy atom. The van der Waals surface area contributed by atoms with Crippen LogP contribution in [0.3, 0.4) is 0 Å². The topological polar surface area (TPSA) is 78.7 Å². The number of carbonyl (C=O) groups excluding carboxylic acids is 2. The van der Waals surface area contributed by atoms with Gasteiger partial charge >= 0.3 is 6.03 Å². The minimum Gasteiger partial charge on any atom is -0.399 e. The molecule has 0 unspecified atom stereocenters. The van der Waals surface area contributed by atoms with Crippen LogP contribution in [0.4, 0.5) is 10.5 Å². The zero-order valence-electron chi connectivity index (χ0n) is 12.6. The molecule has 2 rings (SSSR count). The maximum Gasteiger partial charge on any atom is 0.317 e. The zero-order chi connectivity index (χ0) is 15.4. The zero-order valence-corrected chi connectivity index (χ0v) is 12.6. The maximum atomic E-state index is 12.4. The minimum absolute atomic E-state index is 0.00588. The van der Waals surface area contributed by atoms with Gasteiger partial charge in [0.2, 0.25) is 0 Å². The van der Waals surface area contributed by atoms with Gasteiger partial charge in [0.05, 0.1) is 0 Å². The van der Waals surface area contributed by atoms with Gasteiger partial charge in [-0.05, 0) is 37.6 Å². The van der Waals surface area contributed by atoms with Gasteiger partial charge in [-0.1, -0.05) is 0 Å². The molecule has 0 aromatic heterocycles. The van der Waals surface area contributed by atoms with E-state index in [9.17, 15) is 9.59 Å². The first-order valence-electron chi connectivity index (χ1n) is 7.21. The number of aryl methyl sites for hydroxylation is 1. The molecule has 3 amide bonds. The molecule has 1 fully saturated rings. The van der Waals surface area contributed by atoms with Crippen molar-refractivity contribution in [2.75, 3.05) is 38.5 Å². The van der Waals surface area contributed by atoms with Crippen molar-refractivity contribution in [1.29, 1.82) is 0 Å². The molecule has 1 aliphatic heterocycles. The second-order valence-corrected chi connectivity index (χ2v) is 5.19. The Morgan fingerprint density at radius 2 is 1.81 bits per heavy atom. The number of benzene rings is 1. The molecule has 1 aliphatic rings. The van der Waals surface area contributed by atoms with E-state index in [4.69, 9.17) is 5.73 Å². The van der Waals surface area contributed by atoms with E-state index in [1.54, 1.807) is 21.9 Å². The van der Waals surface area contributed by atoms with Crippen LogP contribution in [0.25, 0.3) is 0 Å². The third-order valence-corrected chi connectivity index (χ3v) is 3.70. The van der Waals surface area contributed by atoms with Gasteiger partial charge in [-0.2, -0.15) is 0 Å². The average molecular weight is 290 g/mol. The summed E-state index contributed by atoms with van der Waals surface area (Å²) in [6, 6.07) is 5.26. The number of amides is 3. The average Bonchev–Trinajstić information content (AvgIpc) is 2.50. The van der Waals surface area contributed by atoms with Crippen LogP contribution in [0, 0.1) is 6.92 Å². The van der Waals surface area contributed by atoms with Crippen molar-refractivity contribution < 1.29 is 9.59 Å². The fourth-order valence-electron chi connectivity index (χ4n) is 2.37. The SMILES string of the molecule is CCNC(=O)N1CCN(C(=O)c2ccc(N)c(C)c2)CC1. The number of nitrogens with one attached hydrogen (secondary N) is 1. The number of hydrogen-bond donors (Lipinski definition) is 2. The van der Waals surface area contributed by atoms with Crippen LogP contribution in [-0.2, 0) is 0 Å². The second kappa shape index (κ2) is 6.47. The highest BCUT2D eigenvalue weighted by Gasteiger charge is 2.24. The highest BCUT2D eigenvalue weighted by molar-refractivity contribution is 5.95. The van der Waals surface area contributed by atoms with E-state index in [1.807, 2.05) is 19.9 Å². The fraction of sp³-hybridized carbons (Fsp3) is 0.467. The molecule has 0 saturated carbocycles. The Kier molecular flexibility index (Phi) is 4.67. The van der Waals surface area contributed by atoms with Crippen molar-refractivity contribution in [3.63, 3.8) is 0 Å².